The molecule has 0 unspecified atom stereocenters. The number of hydrogen-bond acceptors (Lipinski definition) is 3. The largest absolute Gasteiger partial charge is 0.384 e. The second-order valence-corrected chi connectivity index (χ2v) is 3.77. The Morgan fingerprint density at radius 1 is 1.53 bits per heavy atom. The first-order valence-corrected chi connectivity index (χ1v) is 5.47. The lowest BCUT2D eigenvalue weighted by Crippen LogP contribution is -2.23. The number of fused-ring (bicyclic) bond motifs is 1. The molecule has 0 bridgehead atoms. The standard InChI is InChI=1S/C12H15N3O2/c1-17-5-4-12(16)13-7-9-2-3-10-11(6-9)15-8-14-10/h2-3,6,8H,4-5,7H2,1H3,(H,13,16)(H,14,15). The molecule has 0 aliphatic rings. The number of hydrogen-bond donors (Lipinski definition) is 2. The van der Waals surface area contributed by atoms with Crippen molar-refractivity contribution in [3.8, 4) is 0 Å². The summed E-state index contributed by atoms with van der Waals surface area (Å²) in [6.07, 6.45) is 2.05. The molecule has 5 heteroatoms. The van der Waals surface area contributed by atoms with Gasteiger partial charge in [0, 0.05) is 20.1 Å². The first-order valence-electron chi connectivity index (χ1n) is 5.47. The number of H-pyrrole nitrogens is 1. The van der Waals surface area contributed by atoms with Gasteiger partial charge in [-0.05, 0) is 17.7 Å². The number of methoxy groups -OCH3 is 1. The van der Waals surface area contributed by atoms with Crippen molar-refractivity contribution in [1.29, 1.82) is 0 Å². The molecule has 0 radical (unpaired) electrons. The number of amides is 1. The van der Waals surface area contributed by atoms with E-state index in [1.165, 1.54) is 0 Å². The van der Waals surface area contributed by atoms with E-state index in [4.69, 9.17) is 4.74 Å². The summed E-state index contributed by atoms with van der Waals surface area (Å²) in [4.78, 5) is 18.6. The molecular weight excluding hydrogens is 218 g/mol. The van der Waals surface area contributed by atoms with Crippen molar-refractivity contribution in [2.45, 2.75) is 13.0 Å². The van der Waals surface area contributed by atoms with Crippen LogP contribution < -0.4 is 5.32 Å². The predicted octanol–water partition coefficient (Wildman–Crippen LogP) is 1.22. The van der Waals surface area contributed by atoms with E-state index >= 15 is 0 Å². The molecule has 0 saturated heterocycles. The molecule has 17 heavy (non-hydrogen) atoms. The van der Waals surface area contributed by atoms with E-state index in [0.29, 0.717) is 19.6 Å². The van der Waals surface area contributed by atoms with Gasteiger partial charge >= 0.3 is 0 Å². The highest BCUT2D eigenvalue weighted by Gasteiger charge is 2.02. The molecule has 2 aromatic rings. The van der Waals surface area contributed by atoms with E-state index in [-0.39, 0.29) is 5.91 Å². The van der Waals surface area contributed by atoms with Gasteiger partial charge in [-0.15, -0.1) is 0 Å². The summed E-state index contributed by atoms with van der Waals surface area (Å²) in [5.74, 6) is -0.00319. The molecule has 5 nitrogen and oxygen atoms in total. The molecule has 0 aliphatic heterocycles. The van der Waals surface area contributed by atoms with Crippen molar-refractivity contribution in [2.24, 2.45) is 0 Å². The Hall–Kier alpha value is -1.88. The molecule has 2 N–H and O–H groups in total. The van der Waals surface area contributed by atoms with E-state index < -0.39 is 0 Å². The van der Waals surface area contributed by atoms with Gasteiger partial charge in [0.2, 0.25) is 5.91 Å². The lowest BCUT2D eigenvalue weighted by molar-refractivity contribution is -0.122. The van der Waals surface area contributed by atoms with Crippen LogP contribution in [0.4, 0.5) is 0 Å². The maximum absolute atomic E-state index is 11.4. The van der Waals surface area contributed by atoms with Crippen molar-refractivity contribution in [3.05, 3.63) is 30.1 Å². The molecule has 1 heterocycles. The minimum atomic E-state index is -0.00319. The zero-order chi connectivity index (χ0) is 12.1. The number of imidazole rings is 1. The third-order valence-electron chi connectivity index (χ3n) is 2.51. The maximum Gasteiger partial charge on any atom is 0.222 e. The van der Waals surface area contributed by atoms with Crippen LogP contribution in [0.5, 0.6) is 0 Å². The van der Waals surface area contributed by atoms with Gasteiger partial charge in [0.15, 0.2) is 0 Å². The number of aromatic nitrogens is 2. The normalized spacial score (nSPS) is 10.6. The van der Waals surface area contributed by atoms with E-state index in [9.17, 15) is 4.79 Å². The van der Waals surface area contributed by atoms with E-state index in [1.54, 1.807) is 13.4 Å². The number of benzene rings is 1. The second-order valence-electron chi connectivity index (χ2n) is 3.77. The van der Waals surface area contributed by atoms with Gasteiger partial charge in [0.1, 0.15) is 0 Å². The average Bonchev–Trinajstić information content (AvgIpc) is 2.81. The number of nitrogens with one attached hydrogen (secondary N) is 2. The molecule has 2 rings (SSSR count). The first kappa shape index (κ1) is 11.6. The Kier molecular flexibility index (Phi) is 3.72. The average molecular weight is 233 g/mol. The summed E-state index contributed by atoms with van der Waals surface area (Å²) >= 11 is 0. The minimum absolute atomic E-state index is 0.00319. The summed E-state index contributed by atoms with van der Waals surface area (Å²) in [5.41, 5.74) is 2.96. The van der Waals surface area contributed by atoms with Crippen LogP contribution in [0.3, 0.4) is 0 Å². The number of carbonyl (C=O) groups is 1. The van der Waals surface area contributed by atoms with Crippen LogP contribution in [-0.4, -0.2) is 29.6 Å². The molecule has 90 valence electrons. The molecule has 0 saturated carbocycles. The molecule has 0 spiro atoms. The van der Waals surface area contributed by atoms with Crippen molar-refractivity contribution < 1.29 is 9.53 Å². The van der Waals surface area contributed by atoms with Gasteiger partial charge in [-0.1, -0.05) is 6.07 Å². The fourth-order valence-corrected chi connectivity index (χ4v) is 1.58. The Balaban J connectivity index is 1.92. The molecule has 1 aromatic heterocycles. The third kappa shape index (κ3) is 3.04. The molecule has 1 amide bonds. The van der Waals surface area contributed by atoms with Crippen LogP contribution in [0, 0.1) is 0 Å². The lowest BCUT2D eigenvalue weighted by Gasteiger charge is -2.04. The molecular formula is C12H15N3O2. The van der Waals surface area contributed by atoms with Crippen molar-refractivity contribution in [3.63, 3.8) is 0 Å². The molecule has 1 aromatic carbocycles. The SMILES string of the molecule is COCCC(=O)NCc1ccc2nc[nH]c2c1. The van der Waals surface area contributed by atoms with Gasteiger partial charge in [0.05, 0.1) is 24.0 Å². The topological polar surface area (TPSA) is 67.0 Å². The number of rotatable bonds is 5. The summed E-state index contributed by atoms with van der Waals surface area (Å²) in [7, 11) is 1.58. The quantitative estimate of drug-likeness (QED) is 0.815. The highest BCUT2D eigenvalue weighted by molar-refractivity contribution is 5.77. The van der Waals surface area contributed by atoms with Crippen LogP contribution in [0.1, 0.15) is 12.0 Å². The van der Waals surface area contributed by atoms with E-state index in [0.717, 1.165) is 16.6 Å². The van der Waals surface area contributed by atoms with Crippen LogP contribution >= 0.6 is 0 Å². The Labute approximate surface area is 99.2 Å². The van der Waals surface area contributed by atoms with Gasteiger partial charge < -0.3 is 15.0 Å². The smallest absolute Gasteiger partial charge is 0.222 e. The summed E-state index contributed by atoms with van der Waals surface area (Å²) < 4.78 is 4.84. The van der Waals surface area contributed by atoms with Crippen molar-refractivity contribution >= 4 is 16.9 Å². The van der Waals surface area contributed by atoms with Crippen LogP contribution in [0.2, 0.25) is 0 Å². The summed E-state index contributed by atoms with van der Waals surface area (Å²) in [6.45, 7) is 0.975. The Bertz CT molecular complexity index is 507. The zero-order valence-corrected chi connectivity index (χ0v) is 9.69. The van der Waals surface area contributed by atoms with Crippen molar-refractivity contribution in [2.75, 3.05) is 13.7 Å². The predicted molar refractivity (Wildman–Crippen MR) is 64.4 cm³/mol. The van der Waals surface area contributed by atoms with Gasteiger partial charge in [0.25, 0.3) is 0 Å². The van der Waals surface area contributed by atoms with Gasteiger partial charge in [-0.3, -0.25) is 4.79 Å². The monoisotopic (exact) mass is 233 g/mol. The van der Waals surface area contributed by atoms with Gasteiger partial charge in [-0.25, -0.2) is 4.98 Å². The lowest BCUT2D eigenvalue weighted by atomic mass is 10.2. The zero-order valence-electron chi connectivity index (χ0n) is 9.69. The summed E-state index contributed by atoms with van der Waals surface area (Å²) in [6, 6.07) is 5.88. The van der Waals surface area contributed by atoms with Crippen LogP contribution in [0.15, 0.2) is 24.5 Å². The maximum atomic E-state index is 11.4. The first-order chi connectivity index (χ1) is 8.29. The highest BCUT2D eigenvalue weighted by Crippen LogP contribution is 2.11. The fourth-order valence-electron chi connectivity index (χ4n) is 1.58. The Morgan fingerprint density at radius 3 is 3.24 bits per heavy atom. The molecule has 0 aliphatic carbocycles. The fraction of sp³-hybridized carbons (Fsp3) is 0.333. The van der Waals surface area contributed by atoms with Gasteiger partial charge in [-0.2, -0.15) is 0 Å². The van der Waals surface area contributed by atoms with E-state index in [2.05, 4.69) is 15.3 Å². The van der Waals surface area contributed by atoms with Crippen LogP contribution in [0.25, 0.3) is 11.0 Å². The third-order valence-corrected chi connectivity index (χ3v) is 2.51. The number of aromatic amines is 1. The summed E-state index contributed by atoms with van der Waals surface area (Å²) in [5, 5.41) is 2.84. The highest BCUT2D eigenvalue weighted by atomic mass is 16.5. The van der Waals surface area contributed by atoms with E-state index in [1.807, 2.05) is 18.2 Å². The second kappa shape index (κ2) is 5.45. The van der Waals surface area contributed by atoms with Crippen molar-refractivity contribution in [1.82, 2.24) is 15.3 Å². The molecule has 0 fully saturated rings. The number of ether oxygens (including phenoxy) is 1. The van der Waals surface area contributed by atoms with Crippen LogP contribution in [-0.2, 0) is 16.1 Å². The Morgan fingerprint density at radius 2 is 2.41 bits per heavy atom. The number of carbonyl (C=O) groups excluding carboxylic acids is 1. The molecule has 0 atom stereocenters. The number of nitrogens with zero attached hydrogens (tertiary/aromatic N) is 1. The minimum Gasteiger partial charge on any atom is -0.384 e.